The molecule has 0 aliphatic heterocycles. The van der Waals surface area contributed by atoms with E-state index in [1.165, 1.54) is 6.42 Å². The van der Waals surface area contributed by atoms with E-state index in [9.17, 15) is 0 Å². The van der Waals surface area contributed by atoms with Crippen LogP contribution in [0.3, 0.4) is 0 Å². The van der Waals surface area contributed by atoms with Gasteiger partial charge < -0.3 is 10.5 Å². The van der Waals surface area contributed by atoms with Gasteiger partial charge >= 0.3 is 0 Å². The van der Waals surface area contributed by atoms with Gasteiger partial charge in [-0.05, 0) is 50.4 Å². The Kier molecular flexibility index (Phi) is 4.46. The highest BCUT2D eigenvalue weighted by Crippen LogP contribution is 2.29. The van der Waals surface area contributed by atoms with Crippen molar-refractivity contribution in [1.82, 2.24) is 0 Å². The molecule has 0 amide bonds. The largest absolute Gasteiger partial charge is 0.486 e. The molecule has 0 saturated heterocycles. The highest BCUT2D eigenvalue weighted by Gasteiger charge is 2.13. The molecule has 92 valence electrons. The molecule has 3 heteroatoms. The first-order chi connectivity index (χ1) is 8.31. The highest BCUT2D eigenvalue weighted by atomic mass is 35.5. The second-order valence-electron chi connectivity index (χ2n) is 4.27. The first-order valence-corrected chi connectivity index (χ1v) is 6.50. The van der Waals surface area contributed by atoms with Gasteiger partial charge in [0.25, 0.3) is 0 Å². The molecule has 0 radical (unpaired) electrons. The Morgan fingerprint density at radius 1 is 1.41 bits per heavy atom. The molecular weight excluding hydrogens is 234 g/mol. The van der Waals surface area contributed by atoms with Gasteiger partial charge in [-0.2, -0.15) is 0 Å². The fourth-order valence-electron chi connectivity index (χ4n) is 2.08. The molecular formula is C14H18ClNO. The summed E-state index contributed by atoms with van der Waals surface area (Å²) in [6.45, 7) is 0.584. The standard InChI is InChI=1S/C14H18ClNO/c15-13-7-4-8-14(12(13)9-10-16)17-11-5-2-1-3-6-11/h2,4-5,7-8,11H,1,3,6,9-10,16H2. The van der Waals surface area contributed by atoms with Crippen LogP contribution in [-0.4, -0.2) is 12.6 Å². The zero-order valence-corrected chi connectivity index (χ0v) is 10.6. The topological polar surface area (TPSA) is 35.2 Å². The molecule has 0 fully saturated rings. The fraction of sp³-hybridized carbons (Fsp3) is 0.429. The van der Waals surface area contributed by atoms with E-state index in [0.717, 1.165) is 35.6 Å². The number of ether oxygens (including phenoxy) is 1. The molecule has 0 saturated carbocycles. The molecule has 2 N–H and O–H groups in total. The zero-order chi connectivity index (χ0) is 12.1. The van der Waals surface area contributed by atoms with E-state index in [4.69, 9.17) is 22.1 Å². The van der Waals surface area contributed by atoms with Crippen LogP contribution in [-0.2, 0) is 6.42 Å². The average molecular weight is 252 g/mol. The zero-order valence-electron chi connectivity index (χ0n) is 9.86. The summed E-state index contributed by atoms with van der Waals surface area (Å²) < 4.78 is 5.99. The van der Waals surface area contributed by atoms with E-state index in [-0.39, 0.29) is 6.10 Å². The number of hydrogen-bond donors (Lipinski definition) is 1. The molecule has 0 bridgehead atoms. The van der Waals surface area contributed by atoms with Gasteiger partial charge in [0.2, 0.25) is 0 Å². The van der Waals surface area contributed by atoms with Crippen molar-refractivity contribution >= 4 is 11.6 Å². The van der Waals surface area contributed by atoms with Gasteiger partial charge in [-0.25, -0.2) is 0 Å². The third-order valence-corrected chi connectivity index (χ3v) is 3.31. The van der Waals surface area contributed by atoms with Crippen LogP contribution in [0.5, 0.6) is 5.75 Å². The smallest absolute Gasteiger partial charge is 0.124 e. The number of hydrogen-bond acceptors (Lipinski definition) is 2. The van der Waals surface area contributed by atoms with Gasteiger partial charge in [0.15, 0.2) is 0 Å². The maximum atomic E-state index is 6.17. The summed E-state index contributed by atoms with van der Waals surface area (Å²) in [6.07, 6.45) is 8.67. The lowest BCUT2D eigenvalue weighted by molar-refractivity contribution is 0.228. The van der Waals surface area contributed by atoms with Crippen LogP contribution in [0.15, 0.2) is 30.4 Å². The van der Waals surface area contributed by atoms with Crippen molar-refractivity contribution in [3.05, 3.63) is 40.9 Å². The molecule has 0 aromatic heterocycles. The molecule has 17 heavy (non-hydrogen) atoms. The maximum absolute atomic E-state index is 6.17. The Balaban J connectivity index is 2.16. The van der Waals surface area contributed by atoms with Crippen molar-refractivity contribution in [2.24, 2.45) is 5.73 Å². The van der Waals surface area contributed by atoms with E-state index in [1.807, 2.05) is 18.2 Å². The van der Waals surface area contributed by atoms with Crippen LogP contribution in [0, 0.1) is 0 Å². The lowest BCUT2D eigenvalue weighted by Gasteiger charge is -2.20. The molecule has 0 spiro atoms. The summed E-state index contributed by atoms with van der Waals surface area (Å²) in [6, 6.07) is 5.78. The molecule has 1 aromatic rings. The Bertz CT molecular complexity index is 403. The predicted molar refractivity (Wildman–Crippen MR) is 71.6 cm³/mol. The summed E-state index contributed by atoms with van der Waals surface area (Å²) in [4.78, 5) is 0. The molecule has 1 atom stereocenters. The van der Waals surface area contributed by atoms with Crippen LogP contribution in [0.2, 0.25) is 5.02 Å². The van der Waals surface area contributed by atoms with E-state index in [2.05, 4.69) is 12.2 Å². The van der Waals surface area contributed by atoms with Crippen LogP contribution >= 0.6 is 11.6 Å². The molecule has 1 aliphatic rings. The van der Waals surface area contributed by atoms with Gasteiger partial charge in [0.1, 0.15) is 11.9 Å². The van der Waals surface area contributed by atoms with Gasteiger partial charge in [-0.3, -0.25) is 0 Å². The van der Waals surface area contributed by atoms with Crippen molar-refractivity contribution < 1.29 is 4.74 Å². The minimum Gasteiger partial charge on any atom is -0.486 e. The number of nitrogens with two attached hydrogens (primary N) is 1. The lowest BCUT2D eigenvalue weighted by Crippen LogP contribution is -2.17. The van der Waals surface area contributed by atoms with E-state index in [1.54, 1.807) is 0 Å². The second-order valence-corrected chi connectivity index (χ2v) is 4.68. The first-order valence-electron chi connectivity index (χ1n) is 6.12. The molecule has 1 aromatic carbocycles. The Hall–Kier alpha value is -0.990. The van der Waals surface area contributed by atoms with Crippen LogP contribution in [0.1, 0.15) is 24.8 Å². The van der Waals surface area contributed by atoms with Gasteiger partial charge in [0, 0.05) is 10.6 Å². The normalized spacial score (nSPS) is 19.3. The SMILES string of the molecule is NCCc1c(Cl)cccc1OC1C=CCCC1. The predicted octanol–water partition coefficient (Wildman–Crippen LogP) is 3.33. The third-order valence-electron chi connectivity index (χ3n) is 2.96. The van der Waals surface area contributed by atoms with E-state index in [0.29, 0.717) is 6.54 Å². The van der Waals surface area contributed by atoms with Crippen molar-refractivity contribution in [2.75, 3.05) is 6.54 Å². The summed E-state index contributed by atoms with van der Waals surface area (Å²) in [7, 11) is 0. The van der Waals surface area contributed by atoms with Crippen molar-refractivity contribution in [2.45, 2.75) is 31.8 Å². The van der Waals surface area contributed by atoms with Crippen LogP contribution in [0.25, 0.3) is 0 Å². The Morgan fingerprint density at radius 2 is 2.29 bits per heavy atom. The third kappa shape index (κ3) is 3.24. The summed E-state index contributed by atoms with van der Waals surface area (Å²) >= 11 is 6.17. The van der Waals surface area contributed by atoms with Crippen molar-refractivity contribution in [1.29, 1.82) is 0 Å². The van der Waals surface area contributed by atoms with Crippen molar-refractivity contribution in [3.63, 3.8) is 0 Å². The van der Waals surface area contributed by atoms with Gasteiger partial charge in [-0.1, -0.05) is 23.7 Å². The molecule has 2 rings (SSSR count). The molecule has 0 heterocycles. The van der Waals surface area contributed by atoms with Crippen LogP contribution < -0.4 is 10.5 Å². The first kappa shape index (κ1) is 12.5. The molecule has 1 aliphatic carbocycles. The average Bonchev–Trinajstić information content (AvgIpc) is 2.35. The monoisotopic (exact) mass is 251 g/mol. The number of allylic oxidation sites excluding steroid dienone is 1. The number of halogens is 1. The quantitative estimate of drug-likeness (QED) is 0.834. The minimum absolute atomic E-state index is 0.179. The summed E-state index contributed by atoms with van der Waals surface area (Å²) in [5.41, 5.74) is 6.63. The van der Waals surface area contributed by atoms with Gasteiger partial charge in [-0.15, -0.1) is 0 Å². The van der Waals surface area contributed by atoms with E-state index >= 15 is 0 Å². The maximum Gasteiger partial charge on any atom is 0.124 e. The lowest BCUT2D eigenvalue weighted by atomic mass is 10.0. The molecule has 1 unspecified atom stereocenters. The number of benzene rings is 1. The molecule has 2 nitrogen and oxygen atoms in total. The van der Waals surface area contributed by atoms with Gasteiger partial charge in [0.05, 0.1) is 0 Å². The van der Waals surface area contributed by atoms with Crippen molar-refractivity contribution in [3.8, 4) is 5.75 Å². The fourth-order valence-corrected chi connectivity index (χ4v) is 2.34. The van der Waals surface area contributed by atoms with E-state index < -0.39 is 0 Å². The second kappa shape index (κ2) is 6.08. The highest BCUT2D eigenvalue weighted by molar-refractivity contribution is 6.31. The Labute approximate surface area is 107 Å². The minimum atomic E-state index is 0.179. The summed E-state index contributed by atoms with van der Waals surface area (Å²) in [5, 5.41) is 0.743. The number of rotatable bonds is 4. The summed E-state index contributed by atoms with van der Waals surface area (Å²) in [5.74, 6) is 0.875. The Morgan fingerprint density at radius 3 is 3.00 bits per heavy atom. The van der Waals surface area contributed by atoms with Crippen LogP contribution in [0.4, 0.5) is 0 Å².